The van der Waals surface area contributed by atoms with Gasteiger partial charge in [-0.1, -0.05) is 11.8 Å². The molecule has 0 aromatic heterocycles. The quantitative estimate of drug-likeness (QED) is 0.623. The van der Waals surface area contributed by atoms with Crippen LogP contribution in [0.3, 0.4) is 0 Å². The highest BCUT2D eigenvalue weighted by molar-refractivity contribution is 5.91. The standard InChI is InChI=1S/C16H21N3O2/c17-7-1-2-13-10-14(3-4-15(13)16(20)21)19-11-12-5-8-18-9-6-12/h3-4,10,12,18-19H,5-9,11,17H2,(H,20,21). The van der Waals surface area contributed by atoms with Crippen LogP contribution >= 0.6 is 0 Å². The van der Waals surface area contributed by atoms with Gasteiger partial charge in [0, 0.05) is 17.8 Å². The van der Waals surface area contributed by atoms with E-state index in [2.05, 4.69) is 22.5 Å². The first kappa shape index (κ1) is 15.4. The van der Waals surface area contributed by atoms with Crippen molar-refractivity contribution >= 4 is 11.7 Å². The van der Waals surface area contributed by atoms with Crippen molar-refractivity contribution in [2.24, 2.45) is 11.7 Å². The van der Waals surface area contributed by atoms with Gasteiger partial charge in [0.05, 0.1) is 12.1 Å². The summed E-state index contributed by atoms with van der Waals surface area (Å²) in [5, 5.41) is 15.9. The summed E-state index contributed by atoms with van der Waals surface area (Å²) in [6.45, 7) is 3.25. The monoisotopic (exact) mass is 287 g/mol. The van der Waals surface area contributed by atoms with Crippen molar-refractivity contribution in [1.82, 2.24) is 5.32 Å². The van der Waals surface area contributed by atoms with E-state index in [9.17, 15) is 4.79 Å². The zero-order chi connectivity index (χ0) is 15.1. The van der Waals surface area contributed by atoms with E-state index < -0.39 is 5.97 Å². The first-order valence-electron chi connectivity index (χ1n) is 7.21. The lowest BCUT2D eigenvalue weighted by Gasteiger charge is -2.23. The van der Waals surface area contributed by atoms with E-state index in [0.29, 0.717) is 11.5 Å². The number of carboxylic acid groups (broad SMARTS) is 1. The van der Waals surface area contributed by atoms with Gasteiger partial charge in [-0.15, -0.1) is 0 Å². The molecule has 1 fully saturated rings. The largest absolute Gasteiger partial charge is 0.478 e. The molecule has 1 aromatic carbocycles. The normalized spacial score (nSPS) is 15.1. The molecule has 0 atom stereocenters. The lowest BCUT2D eigenvalue weighted by atomic mass is 9.98. The van der Waals surface area contributed by atoms with Gasteiger partial charge < -0.3 is 21.5 Å². The molecular weight excluding hydrogens is 266 g/mol. The van der Waals surface area contributed by atoms with Gasteiger partial charge in [-0.05, 0) is 50.0 Å². The van der Waals surface area contributed by atoms with Gasteiger partial charge in [0.15, 0.2) is 0 Å². The summed E-state index contributed by atoms with van der Waals surface area (Å²) in [7, 11) is 0. The zero-order valence-electron chi connectivity index (χ0n) is 12.0. The molecule has 2 rings (SSSR count). The summed E-state index contributed by atoms with van der Waals surface area (Å²) in [6.07, 6.45) is 2.33. The number of carboxylic acids is 1. The Morgan fingerprint density at radius 2 is 2.19 bits per heavy atom. The third-order valence-electron chi connectivity index (χ3n) is 3.63. The van der Waals surface area contributed by atoms with Gasteiger partial charge in [-0.2, -0.15) is 0 Å². The molecular formula is C16H21N3O2. The van der Waals surface area contributed by atoms with E-state index in [1.807, 2.05) is 0 Å². The van der Waals surface area contributed by atoms with E-state index in [1.165, 1.54) is 12.8 Å². The van der Waals surface area contributed by atoms with Crippen molar-refractivity contribution in [3.8, 4) is 11.8 Å². The highest BCUT2D eigenvalue weighted by atomic mass is 16.4. The fraction of sp³-hybridized carbons (Fsp3) is 0.438. The van der Waals surface area contributed by atoms with Crippen LogP contribution in [0.25, 0.3) is 0 Å². The summed E-state index contributed by atoms with van der Waals surface area (Å²) in [5.41, 5.74) is 6.97. The van der Waals surface area contributed by atoms with Crippen LogP contribution in [-0.4, -0.2) is 37.3 Å². The summed E-state index contributed by atoms with van der Waals surface area (Å²) >= 11 is 0. The lowest BCUT2D eigenvalue weighted by molar-refractivity contribution is 0.0696. The molecule has 0 amide bonds. The van der Waals surface area contributed by atoms with Crippen LogP contribution in [-0.2, 0) is 0 Å². The number of nitrogens with one attached hydrogen (secondary N) is 2. The van der Waals surface area contributed by atoms with Gasteiger partial charge >= 0.3 is 5.97 Å². The first-order chi connectivity index (χ1) is 10.2. The average molecular weight is 287 g/mol. The molecule has 0 unspecified atom stereocenters. The Labute approximate surface area is 124 Å². The van der Waals surface area contributed by atoms with Crippen molar-refractivity contribution in [1.29, 1.82) is 0 Å². The molecule has 5 nitrogen and oxygen atoms in total. The minimum atomic E-state index is -0.971. The second kappa shape index (κ2) is 7.67. The number of anilines is 1. The molecule has 5 N–H and O–H groups in total. The minimum Gasteiger partial charge on any atom is -0.478 e. The van der Waals surface area contributed by atoms with E-state index >= 15 is 0 Å². The third-order valence-corrected chi connectivity index (χ3v) is 3.63. The number of piperidine rings is 1. The van der Waals surface area contributed by atoms with Crippen molar-refractivity contribution in [3.63, 3.8) is 0 Å². The molecule has 1 heterocycles. The smallest absolute Gasteiger partial charge is 0.336 e. The maximum atomic E-state index is 11.2. The highest BCUT2D eigenvalue weighted by Gasteiger charge is 2.13. The Kier molecular flexibility index (Phi) is 5.61. The Bertz CT molecular complexity index is 554. The summed E-state index contributed by atoms with van der Waals surface area (Å²) in [4.78, 5) is 11.2. The molecule has 21 heavy (non-hydrogen) atoms. The average Bonchev–Trinajstić information content (AvgIpc) is 2.51. The molecule has 112 valence electrons. The molecule has 0 spiro atoms. The van der Waals surface area contributed by atoms with Crippen molar-refractivity contribution in [2.75, 3.05) is 31.5 Å². The zero-order valence-corrected chi connectivity index (χ0v) is 12.0. The number of hydrogen-bond acceptors (Lipinski definition) is 4. The number of nitrogens with two attached hydrogens (primary N) is 1. The van der Waals surface area contributed by atoms with E-state index in [0.717, 1.165) is 25.3 Å². The molecule has 1 aliphatic heterocycles. The highest BCUT2D eigenvalue weighted by Crippen LogP contribution is 2.18. The van der Waals surface area contributed by atoms with Crippen LogP contribution in [0, 0.1) is 17.8 Å². The van der Waals surface area contributed by atoms with E-state index in [1.54, 1.807) is 18.2 Å². The molecule has 1 aromatic rings. The summed E-state index contributed by atoms with van der Waals surface area (Å²) < 4.78 is 0. The van der Waals surface area contributed by atoms with Crippen LogP contribution in [0.1, 0.15) is 28.8 Å². The SMILES string of the molecule is NCC#Cc1cc(NCC2CCNCC2)ccc1C(=O)O. The predicted molar refractivity (Wildman–Crippen MR) is 83.4 cm³/mol. The Balaban J connectivity index is 2.07. The Morgan fingerprint density at radius 3 is 2.86 bits per heavy atom. The Morgan fingerprint density at radius 1 is 1.43 bits per heavy atom. The second-order valence-corrected chi connectivity index (χ2v) is 5.15. The fourth-order valence-electron chi connectivity index (χ4n) is 2.44. The van der Waals surface area contributed by atoms with Crippen LogP contribution < -0.4 is 16.4 Å². The van der Waals surface area contributed by atoms with Crippen LogP contribution in [0.5, 0.6) is 0 Å². The van der Waals surface area contributed by atoms with Crippen LogP contribution in [0.15, 0.2) is 18.2 Å². The van der Waals surface area contributed by atoms with Gasteiger partial charge in [-0.3, -0.25) is 0 Å². The third kappa shape index (κ3) is 4.48. The molecule has 1 saturated heterocycles. The summed E-state index contributed by atoms with van der Waals surface area (Å²) in [6, 6.07) is 5.17. The molecule has 0 bridgehead atoms. The topological polar surface area (TPSA) is 87.4 Å². The predicted octanol–water partition coefficient (Wildman–Crippen LogP) is 1.11. The van der Waals surface area contributed by atoms with Gasteiger partial charge in [0.25, 0.3) is 0 Å². The number of benzene rings is 1. The molecule has 0 saturated carbocycles. The number of hydrogen-bond donors (Lipinski definition) is 4. The molecule has 0 radical (unpaired) electrons. The Hall–Kier alpha value is -2.03. The number of aromatic carboxylic acids is 1. The minimum absolute atomic E-state index is 0.211. The van der Waals surface area contributed by atoms with Crippen molar-refractivity contribution in [2.45, 2.75) is 12.8 Å². The summed E-state index contributed by atoms with van der Waals surface area (Å²) in [5.74, 6) is 5.22. The fourth-order valence-corrected chi connectivity index (χ4v) is 2.44. The van der Waals surface area contributed by atoms with Gasteiger partial charge in [0.1, 0.15) is 0 Å². The lowest BCUT2D eigenvalue weighted by Crippen LogP contribution is -2.31. The molecule has 1 aliphatic rings. The van der Waals surface area contributed by atoms with E-state index in [4.69, 9.17) is 10.8 Å². The second-order valence-electron chi connectivity index (χ2n) is 5.15. The number of carbonyl (C=O) groups is 1. The van der Waals surface area contributed by atoms with Gasteiger partial charge in [-0.25, -0.2) is 4.79 Å². The van der Waals surface area contributed by atoms with Crippen LogP contribution in [0.4, 0.5) is 5.69 Å². The van der Waals surface area contributed by atoms with Crippen molar-refractivity contribution < 1.29 is 9.90 Å². The first-order valence-corrected chi connectivity index (χ1v) is 7.21. The maximum Gasteiger partial charge on any atom is 0.336 e. The number of rotatable bonds is 4. The molecule has 5 heteroatoms. The van der Waals surface area contributed by atoms with Crippen molar-refractivity contribution in [3.05, 3.63) is 29.3 Å². The molecule has 0 aliphatic carbocycles. The van der Waals surface area contributed by atoms with Crippen LogP contribution in [0.2, 0.25) is 0 Å². The van der Waals surface area contributed by atoms with E-state index in [-0.39, 0.29) is 12.1 Å². The maximum absolute atomic E-state index is 11.2. The van der Waals surface area contributed by atoms with Gasteiger partial charge in [0.2, 0.25) is 0 Å².